The van der Waals surface area contributed by atoms with Gasteiger partial charge >= 0.3 is 8.56 Å². The van der Waals surface area contributed by atoms with Gasteiger partial charge in [0.2, 0.25) is 0 Å². The second kappa shape index (κ2) is 6.53. The van der Waals surface area contributed by atoms with E-state index in [9.17, 15) is 0 Å². The highest BCUT2D eigenvalue weighted by Gasteiger charge is 2.40. The predicted molar refractivity (Wildman–Crippen MR) is 107 cm³/mol. The Hall–Kier alpha value is -1.74. The molecule has 0 amide bonds. The van der Waals surface area contributed by atoms with Crippen molar-refractivity contribution in [2.45, 2.75) is 60.6 Å². The number of aryl methyl sites for hydroxylation is 4. The lowest BCUT2D eigenvalue weighted by Gasteiger charge is -2.35. The molecule has 2 nitrogen and oxygen atoms in total. The number of rotatable bonds is 2. The monoisotopic (exact) mass is 354 g/mol. The third kappa shape index (κ3) is 3.76. The van der Waals surface area contributed by atoms with E-state index >= 15 is 0 Å². The van der Waals surface area contributed by atoms with Crippen LogP contribution in [0.25, 0.3) is 0 Å². The first-order valence-corrected chi connectivity index (χ1v) is 11.8. The molecule has 0 saturated heterocycles. The average Bonchev–Trinajstić information content (AvgIpc) is 2.44. The molecule has 134 valence electrons. The van der Waals surface area contributed by atoms with Gasteiger partial charge in [-0.15, -0.1) is 0 Å². The highest BCUT2D eigenvalue weighted by Crippen LogP contribution is 2.39. The van der Waals surface area contributed by atoms with Crippen LogP contribution in [0.2, 0.25) is 12.6 Å². The van der Waals surface area contributed by atoms with Gasteiger partial charge in [0.15, 0.2) is 0 Å². The van der Waals surface area contributed by atoms with Gasteiger partial charge in [0.05, 0.1) is 0 Å². The Morgan fingerprint density at radius 1 is 0.840 bits per heavy atom. The molecular formula is C22H30O2Si. The van der Waals surface area contributed by atoms with Gasteiger partial charge in [-0.1, -0.05) is 49.2 Å². The zero-order valence-corrected chi connectivity index (χ0v) is 17.6. The number of benzene rings is 2. The normalized spacial score (nSPS) is 15.5. The first-order chi connectivity index (χ1) is 11.7. The number of fused-ring (bicyclic) bond motifs is 2. The van der Waals surface area contributed by atoms with Crippen LogP contribution in [0.4, 0.5) is 0 Å². The molecule has 0 aromatic heterocycles. The molecule has 1 heterocycles. The molecule has 3 heteroatoms. The van der Waals surface area contributed by atoms with E-state index in [4.69, 9.17) is 8.85 Å². The summed E-state index contributed by atoms with van der Waals surface area (Å²) < 4.78 is 13.4. The minimum Gasteiger partial charge on any atom is -0.511 e. The second-order valence-electron chi connectivity index (χ2n) is 8.25. The van der Waals surface area contributed by atoms with Crippen LogP contribution in [0.3, 0.4) is 0 Å². The van der Waals surface area contributed by atoms with E-state index in [0.717, 1.165) is 24.0 Å². The number of hydrogen-bond acceptors (Lipinski definition) is 2. The third-order valence-corrected chi connectivity index (χ3v) is 7.62. The molecule has 3 rings (SSSR count). The molecule has 2 aromatic rings. The van der Waals surface area contributed by atoms with Gasteiger partial charge < -0.3 is 8.85 Å². The summed E-state index contributed by atoms with van der Waals surface area (Å²) in [5.74, 6) is 2.63. The van der Waals surface area contributed by atoms with Crippen LogP contribution in [0.1, 0.15) is 47.2 Å². The van der Waals surface area contributed by atoms with E-state index in [-0.39, 0.29) is 0 Å². The number of hydrogen-bond donors (Lipinski definition) is 0. The van der Waals surface area contributed by atoms with Gasteiger partial charge in [-0.2, -0.15) is 0 Å². The molecule has 0 radical (unpaired) electrons. The summed E-state index contributed by atoms with van der Waals surface area (Å²) in [6, 6.07) is 9.96. The van der Waals surface area contributed by atoms with E-state index in [2.05, 4.69) is 72.4 Å². The molecule has 0 saturated carbocycles. The Bertz CT molecular complexity index is 749. The Balaban J connectivity index is 2.22. The van der Waals surface area contributed by atoms with Crippen LogP contribution < -0.4 is 8.85 Å². The maximum absolute atomic E-state index is 6.68. The summed E-state index contributed by atoms with van der Waals surface area (Å²) in [7, 11) is -2.38. The lowest BCUT2D eigenvalue weighted by molar-refractivity contribution is 0.366. The SMILES string of the molecule is Cc1cc(C)c2c(c1)Cc1cc(C)cc(C)c1O[Si](C)(CC(C)C)O2. The Kier molecular flexibility index (Phi) is 4.71. The van der Waals surface area contributed by atoms with E-state index in [0.29, 0.717) is 5.92 Å². The van der Waals surface area contributed by atoms with E-state index in [1.807, 2.05) is 0 Å². The molecule has 0 unspecified atom stereocenters. The van der Waals surface area contributed by atoms with Crippen molar-refractivity contribution < 1.29 is 8.85 Å². The van der Waals surface area contributed by atoms with Gasteiger partial charge in [0.1, 0.15) is 11.5 Å². The van der Waals surface area contributed by atoms with Crippen molar-refractivity contribution in [3.63, 3.8) is 0 Å². The fraction of sp³-hybridized carbons (Fsp3) is 0.455. The van der Waals surface area contributed by atoms with Gasteiger partial charge in [-0.3, -0.25) is 0 Å². The van der Waals surface area contributed by atoms with Crippen molar-refractivity contribution in [3.8, 4) is 11.5 Å². The molecule has 0 spiro atoms. The maximum atomic E-state index is 6.68. The topological polar surface area (TPSA) is 18.5 Å². The Morgan fingerprint density at radius 3 is 1.68 bits per heavy atom. The molecule has 25 heavy (non-hydrogen) atoms. The maximum Gasteiger partial charge on any atom is 0.457 e. The summed E-state index contributed by atoms with van der Waals surface area (Å²) in [6.45, 7) is 15.3. The van der Waals surface area contributed by atoms with Crippen molar-refractivity contribution in [3.05, 3.63) is 57.6 Å². The fourth-order valence-electron chi connectivity index (χ4n) is 4.12. The second-order valence-corrected chi connectivity index (χ2v) is 11.3. The fourth-order valence-corrected chi connectivity index (χ4v) is 7.26. The largest absolute Gasteiger partial charge is 0.511 e. The average molecular weight is 355 g/mol. The first kappa shape index (κ1) is 18.1. The Labute approximate surface area is 153 Å². The van der Waals surface area contributed by atoms with Gasteiger partial charge in [-0.25, -0.2) is 0 Å². The van der Waals surface area contributed by atoms with Crippen LogP contribution in [0, 0.1) is 33.6 Å². The minimum absolute atomic E-state index is 0.541. The minimum atomic E-state index is -2.38. The highest BCUT2D eigenvalue weighted by molar-refractivity contribution is 6.67. The van der Waals surface area contributed by atoms with Gasteiger partial charge in [0.25, 0.3) is 0 Å². The molecule has 0 N–H and O–H groups in total. The van der Waals surface area contributed by atoms with Crippen molar-refractivity contribution >= 4 is 8.56 Å². The summed E-state index contributed by atoms with van der Waals surface area (Å²) in [5.41, 5.74) is 7.59. The summed E-state index contributed by atoms with van der Waals surface area (Å²) >= 11 is 0. The third-order valence-electron chi connectivity index (χ3n) is 4.79. The van der Waals surface area contributed by atoms with Gasteiger partial charge in [-0.05, 0) is 55.9 Å². The Morgan fingerprint density at radius 2 is 1.28 bits per heavy atom. The molecule has 0 aliphatic carbocycles. The highest BCUT2D eigenvalue weighted by atomic mass is 28.4. The zero-order chi connectivity index (χ0) is 18.4. The molecule has 0 atom stereocenters. The van der Waals surface area contributed by atoms with Crippen LogP contribution in [0.15, 0.2) is 24.3 Å². The molecular weight excluding hydrogens is 324 g/mol. The predicted octanol–water partition coefficient (Wildman–Crippen LogP) is 6.01. The quantitative estimate of drug-likeness (QED) is 0.615. The summed E-state index contributed by atoms with van der Waals surface area (Å²) in [4.78, 5) is 0. The standard InChI is InChI=1S/C22H30O2Si/c1-14(2)13-25(7)23-21-17(5)8-15(3)10-19(21)12-20-11-16(4)9-18(6)22(20)24-25/h8-11,14H,12-13H2,1-7H3. The summed E-state index contributed by atoms with van der Waals surface area (Å²) in [5, 5.41) is 0. The molecule has 2 aromatic carbocycles. The van der Waals surface area contributed by atoms with E-state index in [1.54, 1.807) is 0 Å². The smallest absolute Gasteiger partial charge is 0.457 e. The molecule has 0 fully saturated rings. The lowest BCUT2D eigenvalue weighted by Crippen LogP contribution is -2.47. The first-order valence-electron chi connectivity index (χ1n) is 9.25. The summed E-state index contributed by atoms with van der Waals surface area (Å²) in [6.07, 6.45) is 0.863. The molecule has 0 bridgehead atoms. The van der Waals surface area contributed by atoms with Crippen molar-refractivity contribution in [1.29, 1.82) is 0 Å². The van der Waals surface area contributed by atoms with E-state index in [1.165, 1.54) is 33.4 Å². The molecule has 1 aliphatic rings. The lowest BCUT2D eigenvalue weighted by atomic mass is 9.96. The molecule has 1 aliphatic heterocycles. The van der Waals surface area contributed by atoms with Crippen molar-refractivity contribution in [2.75, 3.05) is 0 Å². The van der Waals surface area contributed by atoms with E-state index < -0.39 is 8.56 Å². The van der Waals surface area contributed by atoms with Crippen LogP contribution in [-0.2, 0) is 6.42 Å². The van der Waals surface area contributed by atoms with Gasteiger partial charge in [0, 0.05) is 19.0 Å². The van der Waals surface area contributed by atoms with Crippen LogP contribution >= 0.6 is 0 Å². The van der Waals surface area contributed by atoms with Crippen molar-refractivity contribution in [1.82, 2.24) is 0 Å². The zero-order valence-electron chi connectivity index (χ0n) is 16.6. The van der Waals surface area contributed by atoms with Crippen molar-refractivity contribution in [2.24, 2.45) is 5.92 Å². The van der Waals surface area contributed by atoms with Crippen LogP contribution in [-0.4, -0.2) is 8.56 Å². The van der Waals surface area contributed by atoms with Crippen LogP contribution in [0.5, 0.6) is 11.5 Å².